The van der Waals surface area contributed by atoms with Crippen molar-refractivity contribution < 1.29 is 14.3 Å². The zero-order valence-corrected chi connectivity index (χ0v) is 17.2. The van der Waals surface area contributed by atoms with Crippen LogP contribution in [-0.4, -0.2) is 54.0 Å². The number of carbonyl (C=O) groups is 2. The lowest BCUT2D eigenvalue weighted by molar-refractivity contribution is -0.128. The van der Waals surface area contributed by atoms with Crippen molar-refractivity contribution in [1.82, 2.24) is 15.2 Å². The van der Waals surface area contributed by atoms with Crippen molar-refractivity contribution >= 4 is 11.8 Å². The van der Waals surface area contributed by atoms with E-state index in [0.717, 1.165) is 43.4 Å². The molecule has 0 atom stereocenters. The number of methoxy groups -OCH3 is 1. The molecule has 1 saturated heterocycles. The molecule has 2 aliphatic rings. The normalized spacial score (nSPS) is 18.4. The Morgan fingerprint density at radius 3 is 2.57 bits per heavy atom. The van der Waals surface area contributed by atoms with Gasteiger partial charge in [0.15, 0.2) is 0 Å². The molecule has 1 aliphatic heterocycles. The minimum absolute atomic E-state index is 0.0888. The van der Waals surface area contributed by atoms with Crippen LogP contribution in [0.1, 0.15) is 61.5 Å². The fourth-order valence-electron chi connectivity index (χ4n) is 3.99. The number of ether oxygens (including phenoxy) is 1. The van der Waals surface area contributed by atoms with Gasteiger partial charge < -0.3 is 15.0 Å². The second-order valence-corrected chi connectivity index (χ2v) is 8.04. The zero-order valence-electron chi connectivity index (χ0n) is 17.2. The van der Waals surface area contributed by atoms with Crippen molar-refractivity contribution in [2.45, 2.75) is 57.9 Å². The average Bonchev–Trinajstić information content (AvgIpc) is 2.65. The van der Waals surface area contributed by atoms with E-state index in [0.29, 0.717) is 25.3 Å². The van der Waals surface area contributed by atoms with E-state index in [1.54, 1.807) is 25.4 Å². The van der Waals surface area contributed by atoms with Gasteiger partial charge in [0.25, 0.3) is 5.91 Å². The number of hydrogen-bond donors (Lipinski definition) is 1. The largest absolute Gasteiger partial charge is 0.385 e. The van der Waals surface area contributed by atoms with E-state index in [1.165, 1.54) is 12.0 Å². The summed E-state index contributed by atoms with van der Waals surface area (Å²) in [6, 6.07) is 3.53. The van der Waals surface area contributed by atoms with E-state index in [9.17, 15) is 9.59 Å². The van der Waals surface area contributed by atoms with Gasteiger partial charge >= 0.3 is 0 Å². The lowest BCUT2D eigenvalue weighted by Gasteiger charge is -2.43. The molecular weight excluding hydrogens is 354 g/mol. The molecular formula is C22H31N3O3. The molecule has 152 valence electrons. The molecule has 0 bridgehead atoms. The fraction of sp³-hybridized carbons (Fsp3) is 0.591. The van der Waals surface area contributed by atoms with Gasteiger partial charge in [-0.2, -0.15) is 0 Å². The number of nitrogens with zero attached hydrogens (tertiary/aromatic N) is 2. The number of aryl methyl sites for hydroxylation is 1. The molecule has 2 heterocycles. The lowest BCUT2D eigenvalue weighted by atomic mass is 9.83. The first-order chi connectivity index (χ1) is 13.4. The number of carbonyl (C=O) groups excluding carboxylic acids is 2. The van der Waals surface area contributed by atoms with Crippen LogP contribution in [-0.2, 0) is 9.53 Å². The molecule has 0 unspecified atom stereocenters. The average molecular weight is 386 g/mol. The topological polar surface area (TPSA) is 71.5 Å². The van der Waals surface area contributed by atoms with Gasteiger partial charge in [0.1, 0.15) is 0 Å². The molecule has 0 radical (unpaired) electrons. The summed E-state index contributed by atoms with van der Waals surface area (Å²) in [4.78, 5) is 31.7. The van der Waals surface area contributed by atoms with Crippen molar-refractivity contribution in [3.63, 3.8) is 0 Å². The number of amides is 2. The van der Waals surface area contributed by atoms with E-state index in [-0.39, 0.29) is 17.4 Å². The van der Waals surface area contributed by atoms with Crippen molar-refractivity contribution in [3.8, 4) is 0 Å². The monoisotopic (exact) mass is 385 g/mol. The van der Waals surface area contributed by atoms with Crippen LogP contribution in [0.3, 0.4) is 0 Å². The van der Waals surface area contributed by atoms with Gasteiger partial charge in [-0.05, 0) is 64.5 Å². The smallest absolute Gasteiger partial charge is 0.251 e. The predicted octanol–water partition coefficient (Wildman–Crippen LogP) is 3.02. The summed E-state index contributed by atoms with van der Waals surface area (Å²) in [5.74, 6) is 0.0697. The van der Waals surface area contributed by atoms with E-state index in [2.05, 4.69) is 10.3 Å². The van der Waals surface area contributed by atoms with Crippen molar-refractivity contribution in [3.05, 3.63) is 40.7 Å². The third-order valence-corrected chi connectivity index (χ3v) is 6.14. The van der Waals surface area contributed by atoms with Crippen LogP contribution in [0.15, 0.2) is 29.5 Å². The number of aromatic nitrogens is 1. The van der Waals surface area contributed by atoms with Crippen LogP contribution in [0.4, 0.5) is 0 Å². The van der Waals surface area contributed by atoms with Crippen molar-refractivity contribution in [1.29, 1.82) is 0 Å². The molecule has 1 N–H and O–H groups in total. The first kappa shape index (κ1) is 20.5. The van der Waals surface area contributed by atoms with Gasteiger partial charge in [-0.3, -0.25) is 14.6 Å². The first-order valence-corrected chi connectivity index (χ1v) is 10.2. The van der Waals surface area contributed by atoms with E-state index < -0.39 is 0 Å². The molecule has 3 rings (SSSR count). The minimum Gasteiger partial charge on any atom is -0.385 e. The van der Waals surface area contributed by atoms with Crippen LogP contribution in [0, 0.1) is 6.92 Å². The van der Waals surface area contributed by atoms with Crippen LogP contribution >= 0.6 is 0 Å². The molecule has 1 aromatic rings. The van der Waals surface area contributed by atoms with E-state index >= 15 is 0 Å². The van der Waals surface area contributed by atoms with Gasteiger partial charge in [-0.25, -0.2) is 0 Å². The summed E-state index contributed by atoms with van der Waals surface area (Å²) in [5, 5.41) is 3.25. The van der Waals surface area contributed by atoms with Gasteiger partial charge in [-0.15, -0.1) is 0 Å². The second kappa shape index (κ2) is 8.86. The SMILES string of the molecule is COCCC1(NC(=O)c2ccnc(C)c2)CCN(C(=O)C(C)=C2CCC2)CC1. The molecule has 1 saturated carbocycles. The maximum atomic E-state index is 12.8. The van der Waals surface area contributed by atoms with Gasteiger partial charge in [0.05, 0.1) is 0 Å². The summed E-state index contributed by atoms with van der Waals surface area (Å²) in [6.45, 7) is 5.72. The maximum absolute atomic E-state index is 12.8. The standard InChI is InChI=1S/C22H31N3O3/c1-16-15-19(7-11-23-16)20(26)24-22(10-14-28-3)8-12-25(13-9-22)21(27)17(2)18-5-4-6-18/h7,11,15H,4-6,8-10,12-14H2,1-3H3,(H,24,26). The Bertz CT molecular complexity index is 758. The van der Waals surface area contributed by atoms with Gasteiger partial charge in [0, 0.05) is 55.4 Å². The Morgan fingerprint density at radius 2 is 2.00 bits per heavy atom. The Hall–Kier alpha value is -2.21. The highest BCUT2D eigenvalue weighted by Gasteiger charge is 2.37. The number of likely N-dealkylation sites (tertiary alicyclic amines) is 1. The summed E-state index contributed by atoms with van der Waals surface area (Å²) in [7, 11) is 1.68. The predicted molar refractivity (Wildman–Crippen MR) is 108 cm³/mol. The molecule has 2 amide bonds. The highest BCUT2D eigenvalue weighted by atomic mass is 16.5. The molecule has 1 aliphatic carbocycles. The highest BCUT2D eigenvalue weighted by Crippen LogP contribution is 2.31. The second-order valence-electron chi connectivity index (χ2n) is 8.04. The molecule has 1 aromatic heterocycles. The summed E-state index contributed by atoms with van der Waals surface area (Å²) >= 11 is 0. The molecule has 6 nitrogen and oxygen atoms in total. The quantitative estimate of drug-likeness (QED) is 0.764. The molecule has 6 heteroatoms. The lowest BCUT2D eigenvalue weighted by Crippen LogP contribution is -2.56. The molecule has 0 spiro atoms. The van der Waals surface area contributed by atoms with E-state index in [1.807, 2.05) is 18.7 Å². The number of allylic oxidation sites excluding steroid dienone is 1. The number of piperidine rings is 1. The van der Waals surface area contributed by atoms with Crippen LogP contribution in [0.5, 0.6) is 0 Å². The number of pyridine rings is 1. The van der Waals surface area contributed by atoms with Crippen molar-refractivity contribution in [2.24, 2.45) is 0 Å². The zero-order chi connectivity index (χ0) is 20.1. The molecule has 2 fully saturated rings. The van der Waals surface area contributed by atoms with Gasteiger partial charge in [-0.1, -0.05) is 5.57 Å². The number of hydrogen-bond acceptors (Lipinski definition) is 4. The van der Waals surface area contributed by atoms with Gasteiger partial charge in [0.2, 0.25) is 5.91 Å². The Balaban J connectivity index is 1.67. The van der Waals surface area contributed by atoms with Crippen LogP contribution < -0.4 is 5.32 Å². The number of rotatable bonds is 6. The molecule has 28 heavy (non-hydrogen) atoms. The van der Waals surface area contributed by atoms with Crippen molar-refractivity contribution in [2.75, 3.05) is 26.8 Å². The fourth-order valence-corrected chi connectivity index (χ4v) is 3.99. The Kier molecular flexibility index (Phi) is 6.50. The third-order valence-electron chi connectivity index (χ3n) is 6.14. The summed E-state index contributed by atoms with van der Waals surface area (Å²) < 4.78 is 5.29. The summed E-state index contributed by atoms with van der Waals surface area (Å²) in [5.41, 5.74) is 3.32. The number of nitrogens with one attached hydrogen (secondary N) is 1. The van der Waals surface area contributed by atoms with Crippen LogP contribution in [0.2, 0.25) is 0 Å². The first-order valence-electron chi connectivity index (χ1n) is 10.2. The Morgan fingerprint density at radius 1 is 1.29 bits per heavy atom. The Labute approximate surface area is 167 Å². The third kappa shape index (κ3) is 4.61. The maximum Gasteiger partial charge on any atom is 0.251 e. The van der Waals surface area contributed by atoms with E-state index in [4.69, 9.17) is 4.74 Å². The summed E-state index contributed by atoms with van der Waals surface area (Å²) in [6.07, 6.45) is 7.18. The minimum atomic E-state index is -0.349. The molecule has 0 aromatic carbocycles. The highest BCUT2D eigenvalue weighted by molar-refractivity contribution is 5.95. The van der Waals surface area contributed by atoms with Crippen LogP contribution in [0.25, 0.3) is 0 Å².